The Hall–Kier alpha value is -1.56. The molecule has 0 aromatic carbocycles. The number of likely N-dealkylation sites (N-methyl/N-ethyl adjacent to an activating group) is 1. The van der Waals surface area contributed by atoms with Crippen LogP contribution in [0.1, 0.15) is 18.3 Å². The molecule has 0 bridgehead atoms. The third-order valence-electron chi connectivity index (χ3n) is 3.18. The van der Waals surface area contributed by atoms with E-state index in [4.69, 9.17) is 10.5 Å². The van der Waals surface area contributed by atoms with Gasteiger partial charge in [0, 0.05) is 14.2 Å². The van der Waals surface area contributed by atoms with Crippen molar-refractivity contribution < 1.29 is 9.53 Å². The third kappa shape index (κ3) is 3.01. The lowest BCUT2D eigenvalue weighted by Gasteiger charge is -2.24. The van der Waals surface area contributed by atoms with Crippen LogP contribution in [0.15, 0.2) is 0 Å². The fourth-order valence-electron chi connectivity index (χ4n) is 1.70. The number of aryl methyl sites for hydroxylation is 1. The quantitative estimate of drug-likeness (QED) is 0.834. The van der Waals surface area contributed by atoms with E-state index in [1.807, 2.05) is 20.8 Å². The molecule has 0 spiro atoms. The molecule has 0 radical (unpaired) electrons. The molecule has 6 heteroatoms. The van der Waals surface area contributed by atoms with Crippen molar-refractivity contribution in [3.05, 3.63) is 11.4 Å². The van der Waals surface area contributed by atoms with Crippen LogP contribution < -0.4 is 5.73 Å². The molecule has 1 rings (SSSR count). The number of carbonyl (C=O) groups is 1. The summed E-state index contributed by atoms with van der Waals surface area (Å²) in [5.41, 5.74) is 8.07. The second-order valence-corrected chi connectivity index (χ2v) is 4.55. The van der Waals surface area contributed by atoms with Crippen LogP contribution >= 0.6 is 0 Å². The standard InChI is InChI=1S/C12H22N4O2/c1-8(7-18-5)15(4)11(17)6-16-10(3)12(13)9(2)14-16/h8H,6-7,13H2,1-5H3. The summed E-state index contributed by atoms with van der Waals surface area (Å²) in [4.78, 5) is 13.7. The first-order chi connectivity index (χ1) is 8.38. The van der Waals surface area contributed by atoms with Crippen molar-refractivity contribution in [2.45, 2.75) is 33.4 Å². The minimum absolute atomic E-state index is 0.00912. The van der Waals surface area contributed by atoms with Crippen molar-refractivity contribution in [1.29, 1.82) is 0 Å². The van der Waals surface area contributed by atoms with Crippen molar-refractivity contribution in [3.63, 3.8) is 0 Å². The van der Waals surface area contributed by atoms with Gasteiger partial charge in [-0.2, -0.15) is 5.10 Å². The highest BCUT2D eigenvalue weighted by molar-refractivity contribution is 5.76. The van der Waals surface area contributed by atoms with Gasteiger partial charge in [0.1, 0.15) is 6.54 Å². The smallest absolute Gasteiger partial charge is 0.244 e. The number of carbonyl (C=O) groups excluding carboxylic acids is 1. The van der Waals surface area contributed by atoms with Gasteiger partial charge in [0.15, 0.2) is 0 Å². The molecule has 0 fully saturated rings. The van der Waals surface area contributed by atoms with Crippen LogP contribution in [0.4, 0.5) is 5.69 Å². The average molecular weight is 254 g/mol. The molecule has 6 nitrogen and oxygen atoms in total. The molecule has 1 aromatic rings. The largest absolute Gasteiger partial charge is 0.396 e. The molecule has 18 heavy (non-hydrogen) atoms. The maximum absolute atomic E-state index is 12.1. The molecule has 1 unspecified atom stereocenters. The van der Waals surface area contributed by atoms with Gasteiger partial charge < -0.3 is 15.4 Å². The number of rotatable bonds is 5. The van der Waals surface area contributed by atoms with Crippen molar-refractivity contribution in [1.82, 2.24) is 14.7 Å². The van der Waals surface area contributed by atoms with Crippen molar-refractivity contribution in [2.75, 3.05) is 26.5 Å². The van der Waals surface area contributed by atoms with Crippen LogP contribution in [-0.4, -0.2) is 47.4 Å². The van der Waals surface area contributed by atoms with E-state index in [1.54, 1.807) is 23.7 Å². The van der Waals surface area contributed by atoms with Gasteiger partial charge in [-0.3, -0.25) is 9.48 Å². The lowest BCUT2D eigenvalue weighted by atomic mass is 10.3. The first-order valence-electron chi connectivity index (χ1n) is 5.92. The normalized spacial score (nSPS) is 12.5. The Bertz CT molecular complexity index is 428. The molecule has 0 aliphatic heterocycles. The maximum atomic E-state index is 12.1. The Morgan fingerprint density at radius 2 is 2.17 bits per heavy atom. The van der Waals surface area contributed by atoms with Crippen LogP contribution in [0.3, 0.4) is 0 Å². The average Bonchev–Trinajstić information content (AvgIpc) is 2.56. The van der Waals surface area contributed by atoms with Crippen LogP contribution in [0.25, 0.3) is 0 Å². The number of nitrogens with two attached hydrogens (primary N) is 1. The number of methoxy groups -OCH3 is 1. The second-order valence-electron chi connectivity index (χ2n) is 4.55. The SMILES string of the molecule is COCC(C)N(C)C(=O)Cn1nc(C)c(N)c1C. The number of aromatic nitrogens is 2. The molecule has 1 amide bonds. The minimum atomic E-state index is -0.00912. The molecule has 1 heterocycles. The van der Waals surface area contributed by atoms with Crippen molar-refractivity contribution in [3.8, 4) is 0 Å². The fourth-order valence-corrected chi connectivity index (χ4v) is 1.70. The zero-order chi connectivity index (χ0) is 13.9. The van der Waals surface area contributed by atoms with Crippen LogP contribution in [0.2, 0.25) is 0 Å². The molecule has 0 aliphatic rings. The summed E-state index contributed by atoms with van der Waals surface area (Å²) in [6, 6.07) is 0.0387. The van der Waals surface area contributed by atoms with Gasteiger partial charge in [-0.15, -0.1) is 0 Å². The monoisotopic (exact) mass is 254 g/mol. The van der Waals surface area contributed by atoms with E-state index >= 15 is 0 Å². The Morgan fingerprint density at radius 3 is 2.61 bits per heavy atom. The van der Waals surface area contributed by atoms with Crippen LogP contribution in [0.5, 0.6) is 0 Å². The van der Waals surface area contributed by atoms with Gasteiger partial charge in [0.25, 0.3) is 0 Å². The summed E-state index contributed by atoms with van der Waals surface area (Å²) >= 11 is 0. The van der Waals surface area contributed by atoms with Gasteiger partial charge in [-0.25, -0.2) is 0 Å². The van der Waals surface area contributed by atoms with E-state index in [9.17, 15) is 4.79 Å². The predicted octanol–water partition coefficient (Wildman–Crippen LogP) is 0.575. The number of amides is 1. The molecule has 1 aromatic heterocycles. The Kier molecular flexibility index (Phi) is 4.72. The van der Waals surface area contributed by atoms with Crippen molar-refractivity contribution in [2.24, 2.45) is 0 Å². The first kappa shape index (κ1) is 14.5. The van der Waals surface area contributed by atoms with Gasteiger partial charge in [-0.1, -0.05) is 0 Å². The molecule has 102 valence electrons. The Labute approximate surface area is 108 Å². The molecule has 0 saturated heterocycles. The number of nitrogen functional groups attached to an aromatic ring is 1. The summed E-state index contributed by atoms with van der Waals surface area (Å²) in [5.74, 6) is -0.00912. The van der Waals surface area contributed by atoms with Gasteiger partial charge in [0.05, 0.1) is 29.7 Å². The summed E-state index contributed by atoms with van der Waals surface area (Å²) < 4.78 is 6.68. The zero-order valence-electron chi connectivity index (χ0n) is 11.7. The molecule has 1 atom stereocenters. The Balaban J connectivity index is 2.72. The fraction of sp³-hybridized carbons (Fsp3) is 0.667. The minimum Gasteiger partial charge on any atom is -0.396 e. The summed E-state index contributed by atoms with van der Waals surface area (Å²) in [6.45, 7) is 6.36. The number of nitrogens with zero attached hydrogens (tertiary/aromatic N) is 3. The first-order valence-corrected chi connectivity index (χ1v) is 5.92. The summed E-state index contributed by atoms with van der Waals surface area (Å²) in [6.07, 6.45) is 0. The van der Waals surface area contributed by atoms with E-state index in [-0.39, 0.29) is 18.5 Å². The highest BCUT2D eigenvalue weighted by atomic mass is 16.5. The topological polar surface area (TPSA) is 73.4 Å². The summed E-state index contributed by atoms with van der Waals surface area (Å²) in [7, 11) is 3.39. The molecule has 2 N–H and O–H groups in total. The Morgan fingerprint density at radius 1 is 1.56 bits per heavy atom. The number of anilines is 1. The molecule has 0 aliphatic carbocycles. The number of ether oxygens (including phenoxy) is 1. The zero-order valence-corrected chi connectivity index (χ0v) is 11.7. The van der Waals surface area contributed by atoms with E-state index in [2.05, 4.69) is 5.10 Å². The van der Waals surface area contributed by atoms with E-state index in [0.717, 1.165) is 11.4 Å². The van der Waals surface area contributed by atoms with E-state index < -0.39 is 0 Å². The van der Waals surface area contributed by atoms with Gasteiger partial charge >= 0.3 is 0 Å². The lowest BCUT2D eigenvalue weighted by molar-refractivity contribution is -0.133. The van der Waals surface area contributed by atoms with E-state index in [1.165, 1.54) is 0 Å². The van der Waals surface area contributed by atoms with Gasteiger partial charge in [0.2, 0.25) is 5.91 Å². The molecule has 0 saturated carbocycles. The third-order valence-corrected chi connectivity index (χ3v) is 3.18. The van der Waals surface area contributed by atoms with Crippen LogP contribution in [-0.2, 0) is 16.1 Å². The highest BCUT2D eigenvalue weighted by Crippen LogP contribution is 2.14. The summed E-state index contributed by atoms with van der Waals surface area (Å²) in [5, 5.41) is 4.25. The second kappa shape index (κ2) is 5.86. The highest BCUT2D eigenvalue weighted by Gasteiger charge is 2.18. The maximum Gasteiger partial charge on any atom is 0.244 e. The number of hydrogen-bond acceptors (Lipinski definition) is 4. The lowest BCUT2D eigenvalue weighted by Crippen LogP contribution is -2.40. The van der Waals surface area contributed by atoms with Gasteiger partial charge in [-0.05, 0) is 20.8 Å². The van der Waals surface area contributed by atoms with Crippen LogP contribution in [0, 0.1) is 13.8 Å². The van der Waals surface area contributed by atoms with Crippen molar-refractivity contribution >= 4 is 11.6 Å². The molecular weight excluding hydrogens is 232 g/mol. The number of hydrogen-bond donors (Lipinski definition) is 1. The molecular formula is C12H22N4O2. The van der Waals surface area contributed by atoms with E-state index in [0.29, 0.717) is 12.3 Å². The predicted molar refractivity (Wildman–Crippen MR) is 70.2 cm³/mol.